The van der Waals surface area contributed by atoms with Crippen LogP contribution < -0.4 is 10.0 Å². The summed E-state index contributed by atoms with van der Waals surface area (Å²) in [6.07, 6.45) is 0. The zero-order chi connectivity index (χ0) is 10.1. The van der Waals surface area contributed by atoms with Gasteiger partial charge in [0.2, 0.25) is 0 Å². The van der Waals surface area contributed by atoms with Gasteiger partial charge < -0.3 is 9.87 Å². The van der Waals surface area contributed by atoms with Crippen molar-refractivity contribution in [1.29, 1.82) is 5.26 Å². The molecule has 1 fully saturated rings. The molecule has 0 bridgehead atoms. The number of rotatable bonds is 2. The first-order chi connectivity index (χ1) is 5.90. The number of nitrogens with one attached hydrogen (secondary N) is 2. The lowest BCUT2D eigenvalue weighted by molar-refractivity contribution is 0.323. The SMILES string of the molecule is CC(C)(C)[S+]([O-])NC1(C#N)CNC1. The van der Waals surface area contributed by atoms with Crippen molar-refractivity contribution in [2.45, 2.75) is 31.1 Å². The third kappa shape index (κ3) is 2.35. The summed E-state index contributed by atoms with van der Waals surface area (Å²) in [5.41, 5.74) is -0.613. The summed E-state index contributed by atoms with van der Waals surface area (Å²) in [4.78, 5) is 0. The highest BCUT2D eigenvalue weighted by atomic mass is 32.2. The molecule has 4 nitrogen and oxygen atoms in total. The molecule has 0 amide bonds. The Bertz CT molecular complexity index is 227. The topological polar surface area (TPSA) is 70.9 Å². The first-order valence-electron chi connectivity index (χ1n) is 4.21. The highest BCUT2D eigenvalue weighted by Crippen LogP contribution is 2.19. The molecule has 2 N–H and O–H groups in total. The molecule has 1 atom stereocenters. The molecule has 1 heterocycles. The van der Waals surface area contributed by atoms with E-state index in [1.54, 1.807) is 0 Å². The van der Waals surface area contributed by atoms with E-state index in [4.69, 9.17) is 5.26 Å². The van der Waals surface area contributed by atoms with Gasteiger partial charge in [-0.05, 0) is 20.8 Å². The Balaban J connectivity index is 2.53. The lowest BCUT2D eigenvalue weighted by atomic mass is 9.97. The molecule has 74 valence electrons. The van der Waals surface area contributed by atoms with E-state index in [1.807, 2.05) is 20.8 Å². The van der Waals surface area contributed by atoms with Crippen LogP contribution in [0.25, 0.3) is 0 Å². The Morgan fingerprint density at radius 2 is 2.08 bits per heavy atom. The van der Waals surface area contributed by atoms with Crippen LogP contribution in [-0.2, 0) is 11.4 Å². The van der Waals surface area contributed by atoms with Crippen molar-refractivity contribution in [3.05, 3.63) is 0 Å². The molecular formula is C8H15N3OS. The average molecular weight is 201 g/mol. The highest BCUT2D eigenvalue weighted by Gasteiger charge is 2.44. The molecule has 0 aromatic rings. The van der Waals surface area contributed by atoms with Crippen LogP contribution in [0, 0.1) is 11.3 Å². The van der Waals surface area contributed by atoms with Crippen LogP contribution in [0.1, 0.15) is 20.8 Å². The van der Waals surface area contributed by atoms with E-state index >= 15 is 0 Å². The lowest BCUT2D eigenvalue weighted by Crippen LogP contribution is -2.69. The van der Waals surface area contributed by atoms with Gasteiger partial charge in [-0.1, -0.05) is 0 Å². The van der Waals surface area contributed by atoms with Gasteiger partial charge in [0.15, 0.2) is 5.54 Å². The van der Waals surface area contributed by atoms with E-state index in [2.05, 4.69) is 16.1 Å². The van der Waals surface area contributed by atoms with Crippen molar-refractivity contribution >= 4 is 11.4 Å². The summed E-state index contributed by atoms with van der Waals surface area (Å²) in [7, 11) is 0. The Morgan fingerprint density at radius 1 is 1.54 bits per heavy atom. The summed E-state index contributed by atoms with van der Waals surface area (Å²) in [6.45, 7) is 6.80. The van der Waals surface area contributed by atoms with Gasteiger partial charge in [-0.25, -0.2) is 0 Å². The quantitative estimate of drug-likeness (QED) is 0.612. The predicted octanol–water partition coefficient (Wildman–Crippen LogP) is -0.0962. The maximum Gasteiger partial charge on any atom is 0.174 e. The van der Waals surface area contributed by atoms with Crippen molar-refractivity contribution in [2.75, 3.05) is 13.1 Å². The van der Waals surface area contributed by atoms with E-state index in [9.17, 15) is 4.55 Å². The molecule has 0 spiro atoms. The molecule has 0 aromatic heterocycles. The van der Waals surface area contributed by atoms with E-state index in [1.165, 1.54) is 0 Å². The smallest absolute Gasteiger partial charge is 0.174 e. The number of nitrogens with zero attached hydrogens (tertiary/aromatic N) is 1. The monoisotopic (exact) mass is 201 g/mol. The second-order valence-corrected chi connectivity index (χ2v) is 6.25. The molecular weight excluding hydrogens is 186 g/mol. The average Bonchev–Trinajstić information content (AvgIpc) is 1.94. The highest BCUT2D eigenvalue weighted by molar-refractivity contribution is 7.90. The number of hydrogen-bond acceptors (Lipinski definition) is 4. The standard InChI is InChI=1S/C8H15N3OS/c1-7(2,3)13(12)11-8(4-9)5-10-6-8/h10-11H,5-6H2,1-3H3. The minimum absolute atomic E-state index is 0.320. The molecule has 13 heavy (non-hydrogen) atoms. The van der Waals surface area contributed by atoms with Gasteiger partial charge in [0.25, 0.3) is 0 Å². The largest absolute Gasteiger partial charge is 0.598 e. The summed E-state index contributed by atoms with van der Waals surface area (Å²) < 4.78 is 14.2. The molecule has 1 rings (SSSR count). The molecule has 0 aromatic carbocycles. The Hall–Kier alpha value is -0.280. The second kappa shape index (κ2) is 3.46. The van der Waals surface area contributed by atoms with Gasteiger partial charge in [0.1, 0.15) is 4.75 Å². The van der Waals surface area contributed by atoms with Gasteiger partial charge in [-0.2, -0.15) is 5.26 Å². The van der Waals surface area contributed by atoms with Crippen molar-refractivity contribution in [3.63, 3.8) is 0 Å². The lowest BCUT2D eigenvalue weighted by Gasteiger charge is -2.38. The summed E-state index contributed by atoms with van der Waals surface area (Å²) in [5, 5.41) is 11.9. The van der Waals surface area contributed by atoms with Crippen molar-refractivity contribution in [3.8, 4) is 6.07 Å². The fourth-order valence-electron chi connectivity index (χ4n) is 0.880. The zero-order valence-corrected chi connectivity index (χ0v) is 8.99. The van der Waals surface area contributed by atoms with E-state index in [0.717, 1.165) is 0 Å². The second-order valence-electron chi connectivity index (χ2n) is 4.28. The zero-order valence-electron chi connectivity index (χ0n) is 8.18. The molecule has 1 unspecified atom stereocenters. The first kappa shape index (κ1) is 10.8. The number of nitriles is 1. The molecule has 1 aliphatic rings. The summed E-state index contributed by atoms with van der Waals surface area (Å²) >= 11 is -1.17. The summed E-state index contributed by atoms with van der Waals surface area (Å²) in [5.74, 6) is 0. The van der Waals surface area contributed by atoms with Crippen LogP contribution in [0.3, 0.4) is 0 Å². The molecule has 1 saturated heterocycles. The van der Waals surface area contributed by atoms with Crippen LogP contribution in [0.5, 0.6) is 0 Å². The Kier molecular flexibility index (Phi) is 2.88. The first-order valence-corrected chi connectivity index (χ1v) is 5.36. The third-order valence-corrected chi connectivity index (χ3v) is 3.60. The van der Waals surface area contributed by atoms with Gasteiger partial charge in [-0.15, -0.1) is 4.72 Å². The maximum absolute atomic E-state index is 11.7. The van der Waals surface area contributed by atoms with E-state index in [0.29, 0.717) is 13.1 Å². The third-order valence-electron chi connectivity index (χ3n) is 1.91. The van der Waals surface area contributed by atoms with Gasteiger partial charge in [0, 0.05) is 24.5 Å². The van der Waals surface area contributed by atoms with Gasteiger partial charge in [0.05, 0.1) is 6.07 Å². The van der Waals surface area contributed by atoms with Gasteiger partial charge in [-0.3, -0.25) is 0 Å². The molecule has 1 aliphatic heterocycles. The molecule has 0 saturated carbocycles. The fourth-order valence-corrected chi connectivity index (χ4v) is 1.73. The molecule has 5 heteroatoms. The van der Waals surface area contributed by atoms with Crippen LogP contribution >= 0.6 is 0 Å². The molecule has 0 radical (unpaired) electrons. The van der Waals surface area contributed by atoms with Crippen molar-refractivity contribution < 1.29 is 4.55 Å². The molecule has 0 aliphatic carbocycles. The maximum atomic E-state index is 11.7. The fraction of sp³-hybridized carbons (Fsp3) is 0.875. The van der Waals surface area contributed by atoms with Crippen molar-refractivity contribution in [2.24, 2.45) is 0 Å². The van der Waals surface area contributed by atoms with E-state index < -0.39 is 16.9 Å². The van der Waals surface area contributed by atoms with Crippen molar-refractivity contribution in [1.82, 2.24) is 10.0 Å². The minimum atomic E-state index is -1.17. The van der Waals surface area contributed by atoms with Crippen LogP contribution in [0.2, 0.25) is 0 Å². The predicted molar refractivity (Wildman–Crippen MR) is 52.2 cm³/mol. The Morgan fingerprint density at radius 3 is 2.31 bits per heavy atom. The number of hydrogen-bond donors (Lipinski definition) is 2. The Labute approximate surface area is 82.0 Å². The van der Waals surface area contributed by atoms with Gasteiger partial charge >= 0.3 is 0 Å². The van der Waals surface area contributed by atoms with Crippen LogP contribution in [0.4, 0.5) is 0 Å². The minimum Gasteiger partial charge on any atom is -0.598 e. The van der Waals surface area contributed by atoms with Crippen LogP contribution in [-0.4, -0.2) is 27.9 Å². The normalized spacial score (nSPS) is 23.0. The van der Waals surface area contributed by atoms with E-state index in [-0.39, 0.29) is 4.75 Å². The van der Waals surface area contributed by atoms with Crippen LogP contribution in [0.15, 0.2) is 0 Å². The summed E-state index contributed by atoms with van der Waals surface area (Å²) in [6, 6.07) is 2.15.